The Bertz CT molecular complexity index is 387. The summed E-state index contributed by atoms with van der Waals surface area (Å²) in [6.07, 6.45) is 9.00. The molecule has 0 heterocycles. The van der Waals surface area contributed by atoms with Gasteiger partial charge in [-0.25, -0.2) is 0 Å². The molecule has 1 aromatic carbocycles. The summed E-state index contributed by atoms with van der Waals surface area (Å²) in [5.41, 5.74) is 1.40. The molecule has 0 aliphatic carbocycles. The van der Waals surface area contributed by atoms with E-state index in [-0.39, 0.29) is 5.97 Å². The zero-order chi connectivity index (χ0) is 13.9. The molecule has 0 aliphatic rings. The van der Waals surface area contributed by atoms with Crippen LogP contribution in [0.25, 0.3) is 0 Å². The number of aryl methyl sites for hydroxylation is 1. The Hall–Kier alpha value is -1.14. The number of carbonyl (C=O) groups is 1. The average molecular weight is 278 g/mol. The zero-order valence-corrected chi connectivity index (χ0v) is 12.7. The summed E-state index contributed by atoms with van der Waals surface area (Å²) >= 11 is 0. The molecule has 1 rings (SSSR count). The number of rotatable bonds is 8. The van der Waals surface area contributed by atoms with Gasteiger partial charge in [-0.1, -0.05) is 49.4 Å². The van der Waals surface area contributed by atoms with Gasteiger partial charge in [0.2, 0.25) is 0 Å². The predicted molar refractivity (Wildman–Crippen MR) is 82.7 cm³/mol. The van der Waals surface area contributed by atoms with Crippen molar-refractivity contribution in [2.45, 2.75) is 39.0 Å². The molecule has 104 valence electrons. The van der Waals surface area contributed by atoms with Crippen LogP contribution in [0.5, 0.6) is 0 Å². The molecule has 0 N–H and O–H groups in total. The molecule has 2 nitrogen and oxygen atoms in total. The number of carbonyl (C=O) groups excluding carboxylic acids is 1. The minimum Gasteiger partial charge on any atom is -0.451 e. The van der Waals surface area contributed by atoms with Gasteiger partial charge in [0.05, 0.1) is 9.47 Å². The zero-order valence-electron chi connectivity index (χ0n) is 11.5. The lowest BCUT2D eigenvalue weighted by Gasteiger charge is -2.06. The first-order valence-electron chi connectivity index (χ1n) is 6.82. The molecule has 0 bridgehead atoms. The summed E-state index contributed by atoms with van der Waals surface area (Å²) in [7, 11) is 1.98. The van der Waals surface area contributed by atoms with E-state index in [4.69, 9.17) is 0 Å². The Labute approximate surface area is 118 Å². The lowest BCUT2D eigenvalue weighted by molar-refractivity contribution is -0.133. The fraction of sp³-hybridized carbons (Fsp3) is 0.438. The first kappa shape index (κ1) is 15.9. The molecule has 19 heavy (non-hydrogen) atoms. The van der Waals surface area contributed by atoms with Crippen molar-refractivity contribution in [3.8, 4) is 0 Å². The molecule has 0 saturated carbocycles. The number of hydrogen-bond donors (Lipinski definition) is 0. The highest BCUT2D eigenvalue weighted by Gasteiger charge is 1.99. The van der Waals surface area contributed by atoms with E-state index in [1.165, 1.54) is 18.4 Å². The number of allylic oxidation sites excluding steroid dienone is 2. The second kappa shape index (κ2) is 9.75. The molecule has 0 amide bonds. The van der Waals surface area contributed by atoms with Crippen molar-refractivity contribution in [3.05, 3.63) is 48.0 Å². The van der Waals surface area contributed by atoms with Crippen molar-refractivity contribution in [3.63, 3.8) is 0 Å². The van der Waals surface area contributed by atoms with Gasteiger partial charge in [0.25, 0.3) is 0 Å². The quantitative estimate of drug-likeness (QED) is 0.523. The van der Waals surface area contributed by atoms with Gasteiger partial charge in [-0.05, 0) is 37.2 Å². The lowest BCUT2D eigenvalue weighted by Crippen LogP contribution is -1.95. The number of hydrogen-bond acceptors (Lipinski definition) is 2. The third-order valence-corrected chi connectivity index (χ3v) is 3.34. The smallest absolute Gasteiger partial charge is 0.308 e. The van der Waals surface area contributed by atoms with E-state index in [9.17, 15) is 4.79 Å². The van der Waals surface area contributed by atoms with Crippen LogP contribution >= 0.6 is 9.47 Å². The molecular formula is C16H23O2P. The standard InChI is InChI=1S/C16H23O2P/c1-14(8-5-6-13-16(17)18-19)9-7-12-15-10-3-2-4-11-15/h2-5,8,10-11,14H,6-7,9,12-13,19H2,1H3/b8-5+. The Kier molecular flexibility index (Phi) is 8.16. The maximum absolute atomic E-state index is 10.9. The second-order valence-electron chi connectivity index (χ2n) is 4.81. The normalized spacial score (nSPS) is 12.5. The van der Waals surface area contributed by atoms with Gasteiger partial charge in [-0.2, -0.15) is 0 Å². The van der Waals surface area contributed by atoms with E-state index in [2.05, 4.69) is 53.9 Å². The van der Waals surface area contributed by atoms with Crippen LogP contribution in [-0.2, 0) is 15.7 Å². The Balaban J connectivity index is 2.12. The predicted octanol–water partition coefficient (Wildman–Crippen LogP) is 4.32. The van der Waals surface area contributed by atoms with Crippen LogP contribution < -0.4 is 0 Å². The monoisotopic (exact) mass is 278 g/mol. The van der Waals surface area contributed by atoms with Crippen LogP contribution in [-0.4, -0.2) is 5.97 Å². The highest BCUT2D eigenvalue weighted by atomic mass is 31.0. The van der Waals surface area contributed by atoms with Gasteiger partial charge >= 0.3 is 5.97 Å². The van der Waals surface area contributed by atoms with E-state index in [0.717, 1.165) is 12.8 Å². The molecule has 0 spiro atoms. The fourth-order valence-corrected chi connectivity index (χ4v) is 2.08. The van der Waals surface area contributed by atoms with Crippen molar-refractivity contribution in [2.75, 3.05) is 0 Å². The molecule has 3 heteroatoms. The average Bonchev–Trinajstić information content (AvgIpc) is 2.44. The first-order chi connectivity index (χ1) is 9.22. The van der Waals surface area contributed by atoms with Crippen molar-refractivity contribution < 1.29 is 9.32 Å². The first-order valence-corrected chi connectivity index (χ1v) is 7.29. The lowest BCUT2D eigenvalue weighted by atomic mass is 10.0. The van der Waals surface area contributed by atoms with E-state index >= 15 is 0 Å². The summed E-state index contributed by atoms with van der Waals surface area (Å²) in [4.78, 5) is 10.9. The summed E-state index contributed by atoms with van der Waals surface area (Å²) in [6, 6.07) is 10.6. The molecule has 1 aromatic rings. The molecule has 0 saturated heterocycles. The van der Waals surface area contributed by atoms with Crippen LogP contribution in [0.3, 0.4) is 0 Å². The Morgan fingerprint density at radius 1 is 1.37 bits per heavy atom. The summed E-state index contributed by atoms with van der Waals surface area (Å²) in [5, 5.41) is 0. The molecule has 0 radical (unpaired) electrons. The highest BCUT2D eigenvalue weighted by Crippen LogP contribution is 2.12. The maximum Gasteiger partial charge on any atom is 0.308 e. The largest absolute Gasteiger partial charge is 0.451 e. The fourth-order valence-electron chi connectivity index (χ4n) is 1.96. The molecule has 0 aliphatic heterocycles. The summed E-state index contributed by atoms with van der Waals surface area (Å²) in [6.45, 7) is 2.22. The number of benzene rings is 1. The van der Waals surface area contributed by atoms with Crippen LogP contribution in [0.1, 0.15) is 38.2 Å². The van der Waals surface area contributed by atoms with Crippen LogP contribution in [0.4, 0.5) is 0 Å². The van der Waals surface area contributed by atoms with Gasteiger partial charge < -0.3 is 4.52 Å². The minimum absolute atomic E-state index is 0.175. The van der Waals surface area contributed by atoms with E-state index in [1.807, 2.05) is 9.47 Å². The van der Waals surface area contributed by atoms with Crippen molar-refractivity contribution >= 4 is 15.4 Å². The molecule has 0 aromatic heterocycles. The van der Waals surface area contributed by atoms with Gasteiger partial charge in [0.15, 0.2) is 0 Å². The van der Waals surface area contributed by atoms with Crippen molar-refractivity contribution in [2.24, 2.45) is 5.92 Å². The highest BCUT2D eigenvalue weighted by molar-refractivity contribution is 7.10. The van der Waals surface area contributed by atoms with Gasteiger partial charge in [-0.15, -0.1) is 0 Å². The van der Waals surface area contributed by atoms with Crippen molar-refractivity contribution in [1.82, 2.24) is 0 Å². The van der Waals surface area contributed by atoms with Gasteiger partial charge in [0.1, 0.15) is 0 Å². The van der Waals surface area contributed by atoms with E-state index in [0.29, 0.717) is 12.3 Å². The molecule has 0 fully saturated rings. The summed E-state index contributed by atoms with van der Waals surface area (Å²) in [5.74, 6) is 0.391. The third-order valence-electron chi connectivity index (χ3n) is 3.08. The van der Waals surface area contributed by atoms with Crippen LogP contribution in [0, 0.1) is 5.92 Å². The second-order valence-corrected chi connectivity index (χ2v) is 5.05. The van der Waals surface area contributed by atoms with Gasteiger partial charge in [0, 0.05) is 6.42 Å². The maximum atomic E-state index is 10.9. The van der Waals surface area contributed by atoms with E-state index in [1.54, 1.807) is 0 Å². The van der Waals surface area contributed by atoms with Crippen LogP contribution in [0.2, 0.25) is 0 Å². The SMILES string of the molecule is CC(/C=C/CCC(=O)OP)CCCc1ccccc1. The summed E-state index contributed by atoms with van der Waals surface area (Å²) < 4.78 is 4.51. The third kappa shape index (κ3) is 7.79. The van der Waals surface area contributed by atoms with Crippen molar-refractivity contribution in [1.29, 1.82) is 0 Å². The molecular weight excluding hydrogens is 255 g/mol. The van der Waals surface area contributed by atoms with E-state index < -0.39 is 0 Å². The minimum atomic E-state index is -0.175. The molecule has 2 unspecified atom stereocenters. The van der Waals surface area contributed by atoms with Crippen LogP contribution in [0.15, 0.2) is 42.5 Å². The molecule has 2 atom stereocenters. The topological polar surface area (TPSA) is 26.3 Å². The van der Waals surface area contributed by atoms with Gasteiger partial charge in [-0.3, -0.25) is 4.79 Å². The Morgan fingerprint density at radius 3 is 2.79 bits per heavy atom. The Morgan fingerprint density at radius 2 is 2.11 bits per heavy atom.